The molecule has 3 heterocycles. The van der Waals surface area contributed by atoms with Crippen molar-refractivity contribution < 1.29 is 0 Å². The molecule has 0 bridgehead atoms. The summed E-state index contributed by atoms with van der Waals surface area (Å²) >= 11 is 0. The number of para-hydroxylation sites is 2. The van der Waals surface area contributed by atoms with Gasteiger partial charge in [0.25, 0.3) is 0 Å². The van der Waals surface area contributed by atoms with E-state index >= 15 is 0 Å². The molecule has 0 saturated carbocycles. The van der Waals surface area contributed by atoms with E-state index in [1.807, 2.05) is 19.2 Å². The highest BCUT2D eigenvalue weighted by Gasteiger charge is 2.19. The fourth-order valence-electron chi connectivity index (χ4n) is 2.99. The summed E-state index contributed by atoms with van der Waals surface area (Å²) in [7, 11) is 0. The summed E-state index contributed by atoms with van der Waals surface area (Å²) in [4.78, 5) is 11.7. The molecule has 0 N–H and O–H groups in total. The Kier molecular flexibility index (Phi) is 2.24. The summed E-state index contributed by atoms with van der Waals surface area (Å²) in [6.45, 7) is 4.25. The van der Waals surface area contributed by atoms with Crippen LogP contribution in [0.5, 0.6) is 0 Å². The molecule has 4 nitrogen and oxygen atoms in total. The molecule has 4 heteroatoms. The molecule has 4 rings (SSSR count). The van der Waals surface area contributed by atoms with E-state index in [0.717, 1.165) is 41.3 Å². The van der Waals surface area contributed by atoms with Crippen LogP contribution in [0.2, 0.25) is 0 Å². The van der Waals surface area contributed by atoms with Crippen molar-refractivity contribution in [3.05, 3.63) is 36.3 Å². The van der Waals surface area contributed by atoms with Gasteiger partial charge in [0, 0.05) is 13.1 Å². The quantitative estimate of drug-likeness (QED) is 0.667. The van der Waals surface area contributed by atoms with Crippen molar-refractivity contribution in [3.8, 4) is 0 Å². The third-order valence-corrected chi connectivity index (χ3v) is 3.92. The smallest absolute Gasteiger partial charge is 0.155 e. The minimum absolute atomic E-state index is 1.02. The van der Waals surface area contributed by atoms with E-state index in [0.29, 0.717) is 0 Å². The standard InChI is InChI=1S/C15H16N4/c1-11-16-10-14-15(18-8-4-5-9-18)17-12-6-2-3-7-13(12)19(11)14/h2-3,6-7,10H,4-5,8-9H2,1H3. The number of hydrogen-bond acceptors (Lipinski definition) is 3. The van der Waals surface area contributed by atoms with Crippen LogP contribution in [0.15, 0.2) is 30.5 Å². The topological polar surface area (TPSA) is 33.4 Å². The third kappa shape index (κ3) is 1.52. The van der Waals surface area contributed by atoms with Gasteiger partial charge in [0.2, 0.25) is 0 Å². The molecule has 0 atom stereocenters. The molecule has 0 radical (unpaired) electrons. The number of rotatable bonds is 1. The van der Waals surface area contributed by atoms with E-state index < -0.39 is 0 Å². The number of hydrogen-bond donors (Lipinski definition) is 0. The molecule has 1 aliphatic heterocycles. The molecule has 0 aliphatic carbocycles. The van der Waals surface area contributed by atoms with Crippen LogP contribution < -0.4 is 4.90 Å². The Morgan fingerprint density at radius 2 is 1.84 bits per heavy atom. The molecule has 1 fully saturated rings. The highest BCUT2D eigenvalue weighted by atomic mass is 15.2. The fraction of sp³-hybridized carbons (Fsp3) is 0.333. The lowest BCUT2D eigenvalue weighted by Gasteiger charge is -2.18. The SMILES string of the molecule is Cc1ncc2c(N3CCCC3)nc3ccccc3n12. The molecule has 0 amide bonds. The Labute approximate surface area is 111 Å². The van der Waals surface area contributed by atoms with Gasteiger partial charge in [-0.25, -0.2) is 9.97 Å². The maximum atomic E-state index is 4.86. The lowest BCUT2D eigenvalue weighted by Crippen LogP contribution is -2.20. The van der Waals surface area contributed by atoms with Crippen LogP contribution in [0, 0.1) is 6.92 Å². The monoisotopic (exact) mass is 252 g/mol. The van der Waals surface area contributed by atoms with Gasteiger partial charge in [-0.2, -0.15) is 0 Å². The van der Waals surface area contributed by atoms with Crippen LogP contribution in [0.4, 0.5) is 5.82 Å². The van der Waals surface area contributed by atoms with Crippen molar-refractivity contribution in [1.29, 1.82) is 0 Å². The number of imidazole rings is 1. The number of fused-ring (bicyclic) bond motifs is 3. The van der Waals surface area contributed by atoms with Crippen molar-refractivity contribution in [3.63, 3.8) is 0 Å². The van der Waals surface area contributed by atoms with Crippen LogP contribution in [0.1, 0.15) is 18.7 Å². The predicted molar refractivity (Wildman–Crippen MR) is 76.7 cm³/mol. The van der Waals surface area contributed by atoms with Gasteiger partial charge >= 0.3 is 0 Å². The van der Waals surface area contributed by atoms with E-state index in [2.05, 4.69) is 32.5 Å². The van der Waals surface area contributed by atoms with Gasteiger partial charge in [0.15, 0.2) is 5.82 Å². The molecule has 2 aromatic heterocycles. The Morgan fingerprint density at radius 3 is 2.68 bits per heavy atom. The lowest BCUT2D eigenvalue weighted by atomic mass is 10.3. The molecule has 1 aromatic carbocycles. The van der Waals surface area contributed by atoms with Crippen molar-refractivity contribution >= 4 is 22.4 Å². The molecular weight excluding hydrogens is 236 g/mol. The van der Waals surface area contributed by atoms with Gasteiger partial charge in [0.1, 0.15) is 11.3 Å². The lowest BCUT2D eigenvalue weighted by molar-refractivity contribution is 0.940. The van der Waals surface area contributed by atoms with Gasteiger partial charge in [-0.15, -0.1) is 0 Å². The number of nitrogens with zero attached hydrogens (tertiary/aromatic N) is 4. The Balaban J connectivity index is 2.10. The van der Waals surface area contributed by atoms with E-state index in [-0.39, 0.29) is 0 Å². The van der Waals surface area contributed by atoms with Crippen molar-refractivity contribution in [2.45, 2.75) is 19.8 Å². The second-order valence-electron chi connectivity index (χ2n) is 5.14. The van der Waals surface area contributed by atoms with Gasteiger partial charge in [-0.3, -0.25) is 4.40 Å². The molecular formula is C15H16N4. The van der Waals surface area contributed by atoms with Crippen molar-refractivity contribution in [1.82, 2.24) is 14.4 Å². The molecule has 0 unspecified atom stereocenters. The number of anilines is 1. The van der Waals surface area contributed by atoms with Gasteiger partial charge in [-0.1, -0.05) is 12.1 Å². The van der Waals surface area contributed by atoms with Crippen LogP contribution in [0.3, 0.4) is 0 Å². The zero-order chi connectivity index (χ0) is 12.8. The number of aryl methyl sites for hydroxylation is 1. The Hall–Kier alpha value is -2.10. The van der Waals surface area contributed by atoms with Crippen molar-refractivity contribution in [2.24, 2.45) is 0 Å². The minimum Gasteiger partial charge on any atom is -0.355 e. The Morgan fingerprint density at radius 1 is 1.05 bits per heavy atom. The number of aromatic nitrogens is 3. The molecule has 3 aromatic rings. The zero-order valence-corrected chi connectivity index (χ0v) is 11.0. The first-order valence-corrected chi connectivity index (χ1v) is 6.82. The van der Waals surface area contributed by atoms with Crippen molar-refractivity contribution in [2.75, 3.05) is 18.0 Å². The summed E-state index contributed by atoms with van der Waals surface area (Å²) in [5.41, 5.74) is 3.30. The van der Waals surface area contributed by atoms with E-state index in [1.165, 1.54) is 12.8 Å². The van der Waals surface area contributed by atoms with Crippen LogP contribution in [-0.4, -0.2) is 27.5 Å². The molecule has 1 saturated heterocycles. The molecule has 0 spiro atoms. The first-order valence-electron chi connectivity index (χ1n) is 6.82. The van der Waals surface area contributed by atoms with E-state index in [1.54, 1.807) is 0 Å². The minimum atomic E-state index is 1.02. The summed E-state index contributed by atoms with van der Waals surface area (Å²) in [5, 5.41) is 0. The normalized spacial score (nSPS) is 15.7. The predicted octanol–water partition coefficient (Wildman–Crippen LogP) is 2.79. The first-order chi connectivity index (χ1) is 9.34. The largest absolute Gasteiger partial charge is 0.355 e. The average molecular weight is 252 g/mol. The van der Waals surface area contributed by atoms with E-state index in [4.69, 9.17) is 4.98 Å². The van der Waals surface area contributed by atoms with Crippen LogP contribution in [-0.2, 0) is 0 Å². The van der Waals surface area contributed by atoms with Crippen LogP contribution in [0.25, 0.3) is 16.6 Å². The summed E-state index contributed by atoms with van der Waals surface area (Å²) in [5.74, 6) is 2.10. The summed E-state index contributed by atoms with van der Waals surface area (Å²) in [6, 6.07) is 8.28. The second kappa shape index (κ2) is 3.95. The van der Waals surface area contributed by atoms with E-state index in [9.17, 15) is 0 Å². The number of benzene rings is 1. The van der Waals surface area contributed by atoms with Gasteiger partial charge in [0.05, 0.1) is 17.2 Å². The molecule has 96 valence electrons. The maximum absolute atomic E-state index is 4.86. The van der Waals surface area contributed by atoms with Gasteiger partial charge in [-0.05, 0) is 31.9 Å². The highest BCUT2D eigenvalue weighted by molar-refractivity contribution is 5.85. The fourth-order valence-corrected chi connectivity index (χ4v) is 2.99. The average Bonchev–Trinajstić information content (AvgIpc) is 3.08. The highest BCUT2D eigenvalue weighted by Crippen LogP contribution is 2.27. The third-order valence-electron chi connectivity index (χ3n) is 3.92. The summed E-state index contributed by atoms with van der Waals surface area (Å²) in [6.07, 6.45) is 4.46. The molecule has 1 aliphatic rings. The van der Waals surface area contributed by atoms with Gasteiger partial charge < -0.3 is 4.90 Å². The zero-order valence-electron chi connectivity index (χ0n) is 11.0. The second-order valence-corrected chi connectivity index (χ2v) is 5.14. The maximum Gasteiger partial charge on any atom is 0.155 e. The molecule has 19 heavy (non-hydrogen) atoms. The van der Waals surface area contributed by atoms with Crippen LogP contribution >= 0.6 is 0 Å². The Bertz CT molecular complexity index is 753. The summed E-state index contributed by atoms with van der Waals surface area (Å²) < 4.78 is 2.22. The first kappa shape index (κ1) is 10.8.